The van der Waals surface area contributed by atoms with E-state index in [1.165, 1.54) is 55.6 Å². The zero-order valence-electron chi connectivity index (χ0n) is 26.5. The lowest BCUT2D eigenvalue weighted by Crippen LogP contribution is -2.39. The van der Waals surface area contributed by atoms with Gasteiger partial charge in [0, 0.05) is 22.2 Å². The average Bonchev–Trinajstić information content (AvgIpc) is 3.09. The molecule has 4 N–H and O–H groups in total. The summed E-state index contributed by atoms with van der Waals surface area (Å²) in [6, 6.07) is 21.1. The van der Waals surface area contributed by atoms with Gasteiger partial charge in [-0.1, -0.05) is 30.7 Å². The molecule has 0 saturated heterocycles. The van der Waals surface area contributed by atoms with Gasteiger partial charge in [-0.05, 0) is 91.5 Å². The molecule has 0 aromatic heterocycles. The number of methoxy groups -OCH3 is 1. The molecule has 258 valence electrons. The molecular weight excluding hydrogens is 707 g/mol. The van der Waals surface area contributed by atoms with Gasteiger partial charge in [0.25, 0.3) is 20.0 Å². The number of carbonyl (C=O) groups is 2. The van der Waals surface area contributed by atoms with Gasteiger partial charge in [-0.15, -0.1) is 11.8 Å². The molecule has 0 aliphatic heterocycles. The van der Waals surface area contributed by atoms with E-state index in [1.807, 2.05) is 0 Å². The fraction of sp³-hybridized carbons (Fsp3) is 0.242. The van der Waals surface area contributed by atoms with E-state index < -0.39 is 45.0 Å². The van der Waals surface area contributed by atoms with Crippen LogP contribution in [0.15, 0.2) is 105 Å². The predicted octanol–water partition coefficient (Wildman–Crippen LogP) is 4.57. The number of amides is 2. The average molecular weight is 742 g/mol. The van der Waals surface area contributed by atoms with Crippen LogP contribution in [0.5, 0.6) is 5.75 Å². The normalized spacial score (nSPS) is 11.4. The summed E-state index contributed by atoms with van der Waals surface area (Å²) >= 11 is 6.16. The predicted molar refractivity (Wildman–Crippen MR) is 195 cm³/mol. The first-order chi connectivity index (χ1) is 23.4. The highest BCUT2D eigenvalue weighted by molar-refractivity contribution is 7.99. The van der Waals surface area contributed by atoms with E-state index in [-0.39, 0.29) is 31.9 Å². The molecule has 4 rings (SSSR count). The summed E-state index contributed by atoms with van der Waals surface area (Å²) in [5.74, 6) is -0.556. The number of anilines is 2. The number of unbranched alkanes of at least 4 members (excludes halogenated alkanes) is 2. The Morgan fingerprint density at radius 2 is 1.24 bits per heavy atom. The van der Waals surface area contributed by atoms with Crippen LogP contribution >= 0.6 is 24.0 Å². The smallest absolute Gasteiger partial charge is 0.264 e. The van der Waals surface area contributed by atoms with Crippen LogP contribution in [0.1, 0.15) is 19.3 Å². The Morgan fingerprint density at radius 3 is 1.69 bits per heavy atom. The largest absolute Gasteiger partial charge is 0.497 e. The Labute approximate surface area is 295 Å². The van der Waals surface area contributed by atoms with Crippen molar-refractivity contribution < 1.29 is 31.2 Å². The molecule has 2 amide bonds. The molecule has 16 heteroatoms. The van der Waals surface area contributed by atoms with Crippen LogP contribution in [0.2, 0.25) is 0 Å². The quantitative estimate of drug-likeness (QED) is 0.0639. The number of hydrogen-bond donors (Lipinski definition) is 2. The first-order valence-corrected chi connectivity index (χ1v) is 19.2. The van der Waals surface area contributed by atoms with Crippen molar-refractivity contribution in [1.29, 1.82) is 0 Å². The van der Waals surface area contributed by atoms with Crippen LogP contribution in [0.25, 0.3) is 10.8 Å². The number of sulfonamides is 2. The van der Waals surface area contributed by atoms with E-state index in [4.69, 9.17) is 16.2 Å². The van der Waals surface area contributed by atoms with Crippen molar-refractivity contribution in [3.63, 3.8) is 0 Å². The maximum atomic E-state index is 14.1. The van der Waals surface area contributed by atoms with E-state index in [9.17, 15) is 26.4 Å². The van der Waals surface area contributed by atoms with Gasteiger partial charge in [-0.2, -0.15) is 0 Å². The number of primary amides is 2. The molecule has 0 aliphatic rings. The molecule has 0 atom stereocenters. The Kier molecular flexibility index (Phi) is 12.8. The van der Waals surface area contributed by atoms with Gasteiger partial charge >= 0.3 is 0 Å². The Bertz CT molecular complexity index is 2070. The number of fused-ring (bicyclic) bond motifs is 1. The van der Waals surface area contributed by atoms with Crippen molar-refractivity contribution >= 4 is 83.1 Å². The number of nitrogens with zero attached hydrogens (tertiary/aromatic N) is 3. The van der Waals surface area contributed by atoms with Crippen molar-refractivity contribution in [2.24, 2.45) is 16.5 Å². The minimum Gasteiger partial charge on any atom is -0.497 e. The second kappa shape index (κ2) is 16.8. The molecule has 12 nitrogen and oxygen atoms in total. The fourth-order valence-corrected chi connectivity index (χ4v) is 8.90. The first kappa shape index (κ1) is 37.4. The molecule has 4 aromatic carbocycles. The number of rotatable bonds is 18. The summed E-state index contributed by atoms with van der Waals surface area (Å²) in [4.78, 5) is 29.0. The fourth-order valence-electron chi connectivity index (χ4n) is 5.00. The summed E-state index contributed by atoms with van der Waals surface area (Å²) < 4.78 is 62.8. The Morgan fingerprint density at radius 1 is 0.755 bits per heavy atom. The third-order valence-corrected chi connectivity index (χ3v) is 12.1. The second-order valence-corrected chi connectivity index (χ2v) is 15.7. The molecule has 0 aliphatic carbocycles. The lowest BCUT2D eigenvalue weighted by atomic mass is 10.1. The third-order valence-electron chi connectivity index (χ3n) is 7.32. The SMILES string of the molecule is COc1ccc(S(=O)(=O)N(CC(N)=O)c2ccc(N(CC(N)=O)S(=O)(=O)c3ccc(SCCCCCN=C=S)cc3)c3ccccc23)cc1. The Hall–Kier alpha value is -4.47. The third kappa shape index (κ3) is 9.16. The van der Waals surface area contributed by atoms with Gasteiger partial charge in [-0.25, -0.2) is 21.8 Å². The summed E-state index contributed by atoms with van der Waals surface area (Å²) in [5, 5.41) is 2.91. The van der Waals surface area contributed by atoms with Crippen LogP contribution in [0.4, 0.5) is 11.4 Å². The highest BCUT2D eigenvalue weighted by atomic mass is 32.2. The van der Waals surface area contributed by atoms with Crippen LogP contribution in [0, 0.1) is 0 Å². The number of isothiocyanates is 1. The number of carbonyl (C=O) groups excluding carboxylic acids is 2. The van der Waals surface area contributed by atoms with Gasteiger partial charge < -0.3 is 16.2 Å². The van der Waals surface area contributed by atoms with Crippen LogP contribution in [-0.2, 0) is 29.6 Å². The van der Waals surface area contributed by atoms with Gasteiger partial charge in [0.2, 0.25) is 11.8 Å². The zero-order valence-corrected chi connectivity index (χ0v) is 29.8. The highest BCUT2D eigenvalue weighted by Gasteiger charge is 2.31. The standard InChI is InChI=1S/C33H35N5O7S4/c1-45-24-9-13-26(14-10-24)48(41,42)37(21-32(34)39)30-17-18-31(29-8-4-3-7-28(29)30)38(22-33(35)40)49(43,44)27-15-11-25(12-16-27)47-20-6-2-5-19-36-23-46/h3-4,7-18H,2,5-6,19-22H2,1H3,(H2,34,39)(H2,35,40). The van der Waals surface area contributed by atoms with Gasteiger partial charge in [0.05, 0.1) is 33.4 Å². The van der Waals surface area contributed by atoms with Gasteiger partial charge in [0.15, 0.2) is 0 Å². The number of thioether (sulfide) groups is 1. The lowest BCUT2D eigenvalue weighted by molar-refractivity contribution is -0.117. The number of aliphatic imine (C=N–C) groups is 1. The molecule has 0 unspecified atom stereocenters. The van der Waals surface area contributed by atoms with Gasteiger partial charge in [-0.3, -0.25) is 18.2 Å². The molecule has 0 radical (unpaired) electrons. The molecule has 0 heterocycles. The van der Waals surface area contributed by atoms with Crippen molar-refractivity contribution in [3.8, 4) is 5.75 Å². The van der Waals surface area contributed by atoms with Crippen molar-refractivity contribution in [3.05, 3.63) is 84.9 Å². The van der Waals surface area contributed by atoms with Crippen molar-refractivity contribution in [2.45, 2.75) is 33.9 Å². The van der Waals surface area contributed by atoms with E-state index in [2.05, 4.69) is 22.4 Å². The molecule has 49 heavy (non-hydrogen) atoms. The summed E-state index contributed by atoms with van der Waals surface area (Å²) in [5.41, 5.74) is 11.2. The molecule has 0 bridgehead atoms. The van der Waals surface area contributed by atoms with Crippen LogP contribution in [0.3, 0.4) is 0 Å². The van der Waals surface area contributed by atoms with E-state index in [0.717, 1.165) is 38.5 Å². The highest BCUT2D eigenvalue weighted by Crippen LogP contribution is 2.38. The first-order valence-electron chi connectivity index (χ1n) is 14.9. The van der Waals surface area contributed by atoms with Crippen LogP contribution in [-0.4, -0.2) is 66.3 Å². The molecular formula is C33H35N5O7S4. The van der Waals surface area contributed by atoms with Crippen molar-refractivity contribution in [1.82, 2.24) is 0 Å². The van der Waals surface area contributed by atoms with E-state index >= 15 is 0 Å². The number of thiocarbonyl (C=S) groups is 1. The zero-order chi connectivity index (χ0) is 35.6. The molecule has 4 aromatic rings. The summed E-state index contributed by atoms with van der Waals surface area (Å²) in [6.45, 7) is -0.743. The maximum Gasteiger partial charge on any atom is 0.264 e. The topological polar surface area (TPSA) is 183 Å². The summed E-state index contributed by atoms with van der Waals surface area (Å²) in [6.07, 6.45) is 2.84. The minimum absolute atomic E-state index is 0.0678. The van der Waals surface area contributed by atoms with Crippen LogP contribution < -0.4 is 24.8 Å². The van der Waals surface area contributed by atoms with E-state index in [0.29, 0.717) is 12.3 Å². The molecule has 0 spiro atoms. The molecule has 0 saturated carbocycles. The van der Waals surface area contributed by atoms with Gasteiger partial charge in [0.1, 0.15) is 18.8 Å². The number of nitrogens with two attached hydrogens (primary N) is 2. The second-order valence-electron chi connectivity index (χ2n) is 10.6. The monoisotopic (exact) mass is 741 g/mol. The number of hydrogen-bond acceptors (Lipinski definition) is 10. The lowest BCUT2D eigenvalue weighted by Gasteiger charge is -2.28. The number of benzene rings is 4. The Balaban J connectivity index is 1.72. The minimum atomic E-state index is -4.35. The molecule has 0 fully saturated rings. The van der Waals surface area contributed by atoms with Crippen molar-refractivity contribution in [2.75, 3.05) is 41.1 Å². The van der Waals surface area contributed by atoms with E-state index in [1.54, 1.807) is 48.2 Å². The maximum absolute atomic E-state index is 14.1. The summed E-state index contributed by atoms with van der Waals surface area (Å²) in [7, 11) is -7.25. The number of ether oxygens (including phenoxy) is 1.